The van der Waals surface area contributed by atoms with Gasteiger partial charge in [0.05, 0.1) is 12.0 Å². The number of hydrogen-bond acceptors (Lipinski definition) is 5. The standard InChI is InChI=1S/C13H10ClNO4S/c1-19-9-4-2-8(3-5-9)6-10-12(17)15(7-11(14)16)13(18)20-10/h2-6H,7H2,1H3. The molecule has 0 aliphatic carbocycles. The van der Waals surface area contributed by atoms with Crippen molar-refractivity contribution in [1.82, 2.24) is 4.90 Å². The summed E-state index contributed by atoms with van der Waals surface area (Å²) < 4.78 is 5.03. The van der Waals surface area contributed by atoms with E-state index in [0.717, 1.165) is 22.2 Å². The average molecular weight is 312 g/mol. The minimum Gasteiger partial charge on any atom is -0.497 e. The van der Waals surface area contributed by atoms with Crippen LogP contribution in [0.5, 0.6) is 5.75 Å². The van der Waals surface area contributed by atoms with Gasteiger partial charge < -0.3 is 4.74 Å². The molecule has 20 heavy (non-hydrogen) atoms. The topological polar surface area (TPSA) is 63.7 Å². The Bertz CT molecular complexity index is 597. The maximum Gasteiger partial charge on any atom is 0.294 e. The lowest BCUT2D eigenvalue weighted by Gasteiger charge is -2.07. The van der Waals surface area contributed by atoms with Gasteiger partial charge in [0.1, 0.15) is 12.3 Å². The van der Waals surface area contributed by atoms with Crippen molar-refractivity contribution in [2.24, 2.45) is 0 Å². The van der Waals surface area contributed by atoms with Crippen LogP contribution in [-0.2, 0) is 9.59 Å². The first-order chi connectivity index (χ1) is 9.51. The zero-order valence-electron chi connectivity index (χ0n) is 10.5. The summed E-state index contributed by atoms with van der Waals surface area (Å²) in [7, 11) is 1.56. The van der Waals surface area contributed by atoms with Crippen molar-refractivity contribution < 1.29 is 19.1 Å². The molecule has 0 unspecified atom stereocenters. The third-order valence-electron chi connectivity index (χ3n) is 2.57. The molecule has 2 rings (SSSR count). The fourth-order valence-corrected chi connectivity index (χ4v) is 2.57. The Balaban J connectivity index is 2.20. The van der Waals surface area contributed by atoms with Crippen LogP contribution in [0.1, 0.15) is 5.56 Å². The van der Waals surface area contributed by atoms with Crippen molar-refractivity contribution in [3.63, 3.8) is 0 Å². The molecule has 0 atom stereocenters. The second-order valence-electron chi connectivity index (χ2n) is 3.90. The van der Waals surface area contributed by atoms with E-state index in [9.17, 15) is 14.4 Å². The van der Waals surface area contributed by atoms with E-state index in [1.807, 2.05) is 0 Å². The molecule has 0 spiro atoms. The van der Waals surface area contributed by atoms with E-state index in [1.165, 1.54) is 0 Å². The largest absolute Gasteiger partial charge is 0.497 e. The van der Waals surface area contributed by atoms with Gasteiger partial charge in [0.25, 0.3) is 11.1 Å². The lowest BCUT2D eigenvalue weighted by Crippen LogP contribution is -2.31. The molecule has 7 heteroatoms. The molecule has 104 valence electrons. The number of imide groups is 1. The minimum atomic E-state index is -0.752. The molecule has 2 amide bonds. The maximum absolute atomic E-state index is 12.0. The summed E-state index contributed by atoms with van der Waals surface area (Å²) in [4.78, 5) is 35.5. The molecule has 1 aliphatic heterocycles. The summed E-state index contributed by atoms with van der Waals surface area (Å²) in [5, 5.41) is -1.25. The molecule has 1 aliphatic rings. The Morgan fingerprint density at radius 1 is 1.35 bits per heavy atom. The minimum absolute atomic E-state index is 0.262. The lowest BCUT2D eigenvalue weighted by atomic mass is 10.2. The Kier molecular flexibility index (Phi) is 4.46. The molecular formula is C13H10ClNO4S. The maximum atomic E-state index is 12.0. The molecule has 0 aromatic heterocycles. The van der Waals surface area contributed by atoms with Crippen molar-refractivity contribution in [3.05, 3.63) is 34.7 Å². The van der Waals surface area contributed by atoms with Gasteiger partial charge in [0, 0.05) is 0 Å². The van der Waals surface area contributed by atoms with E-state index in [0.29, 0.717) is 5.75 Å². The van der Waals surface area contributed by atoms with Crippen LogP contribution in [0.3, 0.4) is 0 Å². The Morgan fingerprint density at radius 2 is 2.00 bits per heavy atom. The highest BCUT2D eigenvalue weighted by molar-refractivity contribution is 8.18. The third kappa shape index (κ3) is 3.20. The molecule has 0 N–H and O–H groups in total. The van der Waals surface area contributed by atoms with Crippen molar-refractivity contribution in [3.8, 4) is 5.75 Å². The number of ether oxygens (including phenoxy) is 1. The molecule has 5 nitrogen and oxygen atoms in total. The van der Waals surface area contributed by atoms with Crippen molar-refractivity contribution in [2.45, 2.75) is 0 Å². The number of carbonyl (C=O) groups excluding carboxylic acids is 3. The van der Waals surface area contributed by atoms with Crippen LogP contribution in [0, 0.1) is 0 Å². The van der Waals surface area contributed by atoms with Gasteiger partial charge in [-0.3, -0.25) is 19.3 Å². The number of benzene rings is 1. The second-order valence-corrected chi connectivity index (χ2v) is 5.31. The first kappa shape index (κ1) is 14.6. The normalized spacial score (nSPS) is 16.9. The molecule has 0 bridgehead atoms. The molecular weight excluding hydrogens is 302 g/mol. The van der Waals surface area contributed by atoms with E-state index in [-0.39, 0.29) is 4.91 Å². The first-order valence-corrected chi connectivity index (χ1v) is 6.78. The molecule has 0 saturated carbocycles. The quantitative estimate of drug-likeness (QED) is 0.631. The van der Waals surface area contributed by atoms with E-state index in [1.54, 1.807) is 37.5 Å². The fourth-order valence-electron chi connectivity index (χ4n) is 1.61. The van der Waals surface area contributed by atoms with Crippen LogP contribution in [0.2, 0.25) is 0 Å². The monoisotopic (exact) mass is 311 g/mol. The number of rotatable bonds is 4. The zero-order valence-corrected chi connectivity index (χ0v) is 12.0. The number of carbonyl (C=O) groups is 3. The van der Waals surface area contributed by atoms with E-state index >= 15 is 0 Å². The van der Waals surface area contributed by atoms with Gasteiger partial charge in [-0.25, -0.2) is 0 Å². The third-order valence-corrected chi connectivity index (χ3v) is 3.60. The highest BCUT2D eigenvalue weighted by Crippen LogP contribution is 2.32. The predicted molar refractivity (Wildman–Crippen MR) is 76.5 cm³/mol. The Labute approximate surface area is 124 Å². The number of nitrogens with zero attached hydrogens (tertiary/aromatic N) is 1. The first-order valence-electron chi connectivity index (χ1n) is 5.59. The van der Waals surface area contributed by atoms with E-state index < -0.39 is 22.9 Å². The van der Waals surface area contributed by atoms with Gasteiger partial charge in [0.15, 0.2) is 0 Å². The summed E-state index contributed by atoms with van der Waals surface area (Å²) >= 11 is 5.99. The molecule has 1 saturated heterocycles. The number of methoxy groups -OCH3 is 1. The van der Waals surface area contributed by atoms with Gasteiger partial charge in [-0.2, -0.15) is 0 Å². The number of amides is 2. The lowest BCUT2D eigenvalue weighted by molar-refractivity contribution is -0.125. The molecule has 0 radical (unpaired) electrons. The van der Waals surface area contributed by atoms with Crippen molar-refractivity contribution >= 4 is 45.8 Å². The number of hydrogen-bond donors (Lipinski definition) is 0. The van der Waals surface area contributed by atoms with Gasteiger partial charge >= 0.3 is 0 Å². The zero-order chi connectivity index (χ0) is 14.7. The van der Waals surface area contributed by atoms with E-state index in [4.69, 9.17) is 16.3 Å². The van der Waals surface area contributed by atoms with Gasteiger partial charge in [-0.15, -0.1) is 0 Å². The summed E-state index contributed by atoms with van der Waals surface area (Å²) in [6.07, 6.45) is 1.59. The van der Waals surface area contributed by atoms with Crippen LogP contribution < -0.4 is 4.74 Å². The van der Waals surface area contributed by atoms with Gasteiger partial charge in [0.2, 0.25) is 5.24 Å². The van der Waals surface area contributed by atoms with Crippen molar-refractivity contribution in [2.75, 3.05) is 13.7 Å². The van der Waals surface area contributed by atoms with Gasteiger partial charge in [-0.05, 0) is 47.1 Å². The summed E-state index contributed by atoms with van der Waals surface area (Å²) in [6.45, 7) is -0.411. The smallest absolute Gasteiger partial charge is 0.294 e. The molecule has 1 aromatic carbocycles. The Hall–Kier alpha value is -1.79. The fraction of sp³-hybridized carbons (Fsp3) is 0.154. The SMILES string of the molecule is COc1ccc(C=C2SC(=O)N(CC(=O)Cl)C2=O)cc1. The van der Waals surface area contributed by atoms with Crippen LogP contribution in [0.4, 0.5) is 4.79 Å². The average Bonchev–Trinajstić information content (AvgIpc) is 2.67. The van der Waals surface area contributed by atoms with Gasteiger partial charge in [-0.1, -0.05) is 12.1 Å². The highest BCUT2D eigenvalue weighted by Gasteiger charge is 2.35. The number of thioether (sulfide) groups is 1. The molecule has 1 heterocycles. The van der Waals surface area contributed by atoms with Crippen LogP contribution in [-0.4, -0.2) is 34.9 Å². The van der Waals surface area contributed by atoms with Crippen LogP contribution >= 0.6 is 23.4 Å². The summed E-state index contributed by atoms with van der Waals surface area (Å²) in [6, 6.07) is 7.02. The van der Waals surface area contributed by atoms with E-state index in [2.05, 4.69) is 0 Å². The number of halogens is 1. The predicted octanol–water partition coefficient (Wildman–Crippen LogP) is 2.50. The summed E-state index contributed by atoms with van der Waals surface area (Å²) in [5.74, 6) is 0.188. The summed E-state index contributed by atoms with van der Waals surface area (Å²) in [5.41, 5.74) is 0.758. The van der Waals surface area contributed by atoms with Crippen LogP contribution in [0.15, 0.2) is 29.2 Å². The van der Waals surface area contributed by atoms with Crippen molar-refractivity contribution in [1.29, 1.82) is 0 Å². The molecule has 1 fully saturated rings. The Morgan fingerprint density at radius 3 is 2.55 bits per heavy atom. The second kappa shape index (κ2) is 6.11. The van der Waals surface area contributed by atoms with Crippen LogP contribution in [0.25, 0.3) is 6.08 Å². The molecule has 1 aromatic rings. The highest BCUT2D eigenvalue weighted by atomic mass is 35.5.